The highest BCUT2D eigenvalue weighted by Crippen LogP contribution is 2.30. The molecular formula is C37H43FN6O5. The van der Waals surface area contributed by atoms with E-state index < -0.39 is 18.0 Å². The van der Waals surface area contributed by atoms with Crippen molar-refractivity contribution in [2.45, 2.75) is 52.1 Å². The second kappa shape index (κ2) is 15.7. The minimum absolute atomic E-state index is 0.0193. The van der Waals surface area contributed by atoms with Gasteiger partial charge in [0.05, 0.1) is 13.2 Å². The van der Waals surface area contributed by atoms with Gasteiger partial charge < -0.3 is 30.3 Å². The molecule has 3 aromatic carbocycles. The van der Waals surface area contributed by atoms with E-state index >= 15 is 4.39 Å². The summed E-state index contributed by atoms with van der Waals surface area (Å²) >= 11 is 0. The van der Waals surface area contributed by atoms with Crippen molar-refractivity contribution in [2.24, 2.45) is 0 Å². The van der Waals surface area contributed by atoms with Crippen molar-refractivity contribution in [1.29, 1.82) is 0 Å². The summed E-state index contributed by atoms with van der Waals surface area (Å²) in [5, 5.41) is 7.53. The van der Waals surface area contributed by atoms with Crippen LogP contribution >= 0.6 is 0 Å². The summed E-state index contributed by atoms with van der Waals surface area (Å²) in [6, 6.07) is 17.4. The lowest BCUT2D eigenvalue weighted by Gasteiger charge is -2.25. The fraction of sp³-hybridized carbons (Fsp3) is 0.351. The molecule has 2 atom stereocenters. The Hall–Kier alpha value is -5.39. The van der Waals surface area contributed by atoms with Crippen molar-refractivity contribution < 1.29 is 28.2 Å². The molecule has 1 saturated heterocycles. The van der Waals surface area contributed by atoms with Crippen LogP contribution in [-0.4, -0.2) is 72.1 Å². The van der Waals surface area contributed by atoms with Crippen molar-refractivity contribution in [3.63, 3.8) is 0 Å². The van der Waals surface area contributed by atoms with E-state index in [0.717, 1.165) is 40.1 Å². The van der Waals surface area contributed by atoms with Crippen LogP contribution < -0.4 is 21.1 Å². The third kappa shape index (κ3) is 8.75. The van der Waals surface area contributed by atoms with Gasteiger partial charge in [0.2, 0.25) is 11.8 Å². The second-order valence-corrected chi connectivity index (χ2v) is 12.5. The molecule has 0 spiro atoms. The van der Waals surface area contributed by atoms with Gasteiger partial charge in [0.1, 0.15) is 18.5 Å². The number of pyridine rings is 1. The summed E-state index contributed by atoms with van der Waals surface area (Å²) in [5.74, 6) is -0.612. The molecule has 0 unspecified atom stereocenters. The number of benzene rings is 3. The van der Waals surface area contributed by atoms with Crippen LogP contribution in [0.5, 0.6) is 5.75 Å². The molecular weight excluding hydrogens is 627 g/mol. The van der Waals surface area contributed by atoms with Crippen molar-refractivity contribution in [3.05, 3.63) is 89.4 Å². The number of likely N-dealkylation sites (tertiary alicyclic amines) is 1. The largest absolute Gasteiger partial charge is 0.488 e. The number of carbonyl (C=O) groups excluding carboxylic acids is 3. The summed E-state index contributed by atoms with van der Waals surface area (Å²) in [5.41, 5.74) is 9.36. The maximum atomic E-state index is 15.6. The van der Waals surface area contributed by atoms with E-state index in [1.165, 1.54) is 4.90 Å². The number of fused-ring (bicyclic) bond motifs is 1. The van der Waals surface area contributed by atoms with E-state index in [-0.39, 0.29) is 48.9 Å². The first-order valence-corrected chi connectivity index (χ1v) is 16.4. The molecule has 4 aromatic rings. The van der Waals surface area contributed by atoms with Crippen LogP contribution in [0.2, 0.25) is 0 Å². The molecule has 5 rings (SSSR count). The lowest BCUT2D eigenvalue weighted by Crippen LogP contribution is -2.38. The van der Waals surface area contributed by atoms with Gasteiger partial charge >= 0.3 is 6.09 Å². The number of nitrogen functional groups attached to an aromatic ring is 1. The summed E-state index contributed by atoms with van der Waals surface area (Å²) in [4.78, 5) is 45.6. The van der Waals surface area contributed by atoms with Gasteiger partial charge in [0, 0.05) is 67.1 Å². The number of amides is 3. The zero-order valence-corrected chi connectivity index (χ0v) is 28.3. The third-order valence-electron chi connectivity index (χ3n) is 8.66. The van der Waals surface area contributed by atoms with E-state index in [0.29, 0.717) is 30.9 Å². The summed E-state index contributed by atoms with van der Waals surface area (Å²) < 4.78 is 27.0. The SMILES string of the molecule is Cc1ccccc1[C@@H](C)COC(=O)Nc1cc(F)c(OCCN2CCCC2=O)c(CN(C)C(=O)[C@@H](C)Nc2ccc3c(N)nccc3c2)c1. The van der Waals surface area contributed by atoms with E-state index in [2.05, 4.69) is 15.6 Å². The zero-order chi connectivity index (χ0) is 35.1. The quantitative estimate of drug-likeness (QED) is 0.156. The molecule has 0 saturated carbocycles. The number of rotatable bonds is 13. The van der Waals surface area contributed by atoms with Gasteiger partial charge in [-0.2, -0.15) is 0 Å². The average molecular weight is 671 g/mol. The number of halogens is 1. The Labute approximate surface area is 285 Å². The first kappa shape index (κ1) is 34.9. The lowest BCUT2D eigenvalue weighted by atomic mass is 9.97. The van der Waals surface area contributed by atoms with Gasteiger partial charge in [-0.1, -0.05) is 31.2 Å². The average Bonchev–Trinajstić information content (AvgIpc) is 3.48. The van der Waals surface area contributed by atoms with Crippen molar-refractivity contribution in [1.82, 2.24) is 14.8 Å². The van der Waals surface area contributed by atoms with E-state index in [1.54, 1.807) is 31.1 Å². The van der Waals surface area contributed by atoms with Crippen LogP contribution in [0.25, 0.3) is 10.8 Å². The summed E-state index contributed by atoms with van der Waals surface area (Å²) in [6.45, 7) is 6.83. The van der Waals surface area contributed by atoms with E-state index in [1.807, 2.05) is 62.4 Å². The molecule has 3 amide bonds. The third-order valence-corrected chi connectivity index (χ3v) is 8.66. The number of carbonyl (C=O) groups is 3. The van der Waals surface area contributed by atoms with Crippen LogP contribution in [0, 0.1) is 12.7 Å². The minimum Gasteiger partial charge on any atom is -0.488 e. The van der Waals surface area contributed by atoms with Gasteiger partial charge in [-0.05, 0) is 67.1 Å². The normalized spacial score (nSPS) is 14.0. The number of nitrogens with one attached hydrogen (secondary N) is 2. The number of nitrogens with zero attached hydrogens (tertiary/aromatic N) is 3. The second-order valence-electron chi connectivity index (χ2n) is 12.5. The predicted octanol–water partition coefficient (Wildman–Crippen LogP) is 6.08. The Morgan fingerprint density at radius 1 is 1.10 bits per heavy atom. The molecule has 11 nitrogen and oxygen atoms in total. The Kier molecular flexibility index (Phi) is 11.2. The summed E-state index contributed by atoms with van der Waals surface area (Å²) in [7, 11) is 1.61. The van der Waals surface area contributed by atoms with Crippen molar-refractivity contribution in [3.8, 4) is 5.75 Å². The Balaban J connectivity index is 1.28. The fourth-order valence-electron chi connectivity index (χ4n) is 6.05. The van der Waals surface area contributed by atoms with Crippen molar-refractivity contribution in [2.75, 3.05) is 49.7 Å². The number of nitrogens with two attached hydrogens (primary N) is 1. The van der Waals surface area contributed by atoms with Gasteiger partial charge in [-0.25, -0.2) is 14.2 Å². The fourth-order valence-corrected chi connectivity index (χ4v) is 6.05. The number of aryl methyl sites for hydroxylation is 1. The monoisotopic (exact) mass is 670 g/mol. The predicted molar refractivity (Wildman–Crippen MR) is 188 cm³/mol. The Bertz CT molecular complexity index is 1830. The van der Waals surface area contributed by atoms with Crippen LogP contribution in [0.1, 0.15) is 49.3 Å². The smallest absolute Gasteiger partial charge is 0.411 e. The van der Waals surface area contributed by atoms with E-state index in [9.17, 15) is 14.4 Å². The van der Waals surface area contributed by atoms with Gasteiger partial charge in [-0.15, -0.1) is 0 Å². The highest BCUT2D eigenvalue weighted by atomic mass is 19.1. The van der Waals surface area contributed by atoms with Gasteiger partial charge in [-0.3, -0.25) is 14.9 Å². The molecule has 1 fully saturated rings. The first-order chi connectivity index (χ1) is 23.5. The topological polar surface area (TPSA) is 139 Å². The highest BCUT2D eigenvalue weighted by Gasteiger charge is 2.24. The van der Waals surface area contributed by atoms with Crippen molar-refractivity contribution >= 4 is 45.9 Å². The number of hydrogen-bond donors (Lipinski definition) is 3. The van der Waals surface area contributed by atoms with Crippen LogP contribution in [0.3, 0.4) is 0 Å². The summed E-state index contributed by atoms with van der Waals surface area (Å²) in [6.07, 6.45) is 2.16. The molecule has 0 aliphatic carbocycles. The molecule has 1 aliphatic heterocycles. The molecule has 49 heavy (non-hydrogen) atoms. The Morgan fingerprint density at radius 3 is 2.65 bits per heavy atom. The number of hydrogen-bond acceptors (Lipinski definition) is 8. The van der Waals surface area contributed by atoms with Gasteiger partial charge in [0.25, 0.3) is 0 Å². The molecule has 258 valence electrons. The van der Waals surface area contributed by atoms with Crippen LogP contribution in [0.15, 0.2) is 66.9 Å². The number of aromatic nitrogens is 1. The maximum absolute atomic E-state index is 15.6. The number of likely N-dealkylation sites (N-methyl/N-ethyl adjacent to an activating group) is 1. The Morgan fingerprint density at radius 2 is 1.90 bits per heavy atom. The molecule has 12 heteroatoms. The van der Waals surface area contributed by atoms with E-state index in [4.69, 9.17) is 15.2 Å². The minimum atomic E-state index is -0.734. The molecule has 4 N–H and O–H groups in total. The standard InChI is InChI=1S/C37H43FN6O5/c1-23-8-5-6-9-30(23)24(2)22-49-37(47)42-29-19-27(34(32(38)20-29)48-17-16-44-15-7-10-33(44)45)21-43(4)36(46)25(3)41-28-11-12-31-26(18-28)13-14-40-35(31)39/h5-6,8-9,11-14,18-20,24-25,41H,7,10,15-17,21-22H2,1-4H3,(H2,39,40)(H,42,47)/t24-,25+/m0/s1. The maximum Gasteiger partial charge on any atom is 0.411 e. The highest BCUT2D eigenvalue weighted by molar-refractivity contribution is 5.93. The van der Waals surface area contributed by atoms with Crippen LogP contribution in [-0.2, 0) is 20.9 Å². The number of ether oxygens (including phenoxy) is 2. The lowest BCUT2D eigenvalue weighted by molar-refractivity contribution is -0.131. The first-order valence-electron chi connectivity index (χ1n) is 16.4. The molecule has 1 aromatic heterocycles. The molecule has 0 radical (unpaired) electrons. The molecule has 0 bridgehead atoms. The van der Waals surface area contributed by atoms with Gasteiger partial charge in [0.15, 0.2) is 11.6 Å². The molecule has 2 heterocycles. The molecule has 1 aliphatic rings. The van der Waals surface area contributed by atoms with Crippen LogP contribution in [0.4, 0.5) is 26.4 Å². The zero-order valence-electron chi connectivity index (χ0n) is 28.3. The number of anilines is 3.